The van der Waals surface area contributed by atoms with Crippen molar-refractivity contribution in [2.75, 3.05) is 12.9 Å². The van der Waals surface area contributed by atoms with Crippen LogP contribution < -0.4 is 10.6 Å². The second-order valence-corrected chi connectivity index (χ2v) is 8.39. The number of carbonyl (C=O) groups excluding carboxylic acids is 2. The highest BCUT2D eigenvalue weighted by atomic mass is 32.2. The lowest BCUT2D eigenvalue weighted by Crippen LogP contribution is -2.47. The predicted octanol–water partition coefficient (Wildman–Crippen LogP) is 2.25. The Balaban J connectivity index is 2.09. The molecule has 0 aliphatic carbocycles. The van der Waals surface area contributed by atoms with Gasteiger partial charge in [0.2, 0.25) is 0 Å². The lowest BCUT2D eigenvalue weighted by molar-refractivity contribution is -0.136. The highest BCUT2D eigenvalue weighted by Gasteiger charge is 2.35. The number of esters is 1. The van der Waals surface area contributed by atoms with Crippen molar-refractivity contribution in [1.29, 1.82) is 0 Å². The molecule has 0 unspecified atom stereocenters. The number of rotatable bonds is 5. The Hall–Kier alpha value is -3.13. The molecule has 2 N–H and O–H groups in total. The number of aryl methyl sites for hydroxylation is 1. The average Bonchev–Trinajstić information content (AvgIpc) is 2.68. The Kier molecular flexibility index (Phi) is 5.51. The van der Waals surface area contributed by atoms with Crippen molar-refractivity contribution in [3.05, 3.63) is 77.0 Å². The van der Waals surface area contributed by atoms with Crippen molar-refractivity contribution in [2.24, 2.45) is 0 Å². The van der Waals surface area contributed by atoms with Crippen LogP contribution in [0, 0.1) is 6.92 Å². The molecular formula is C20H20N2O5S. The Labute approximate surface area is 163 Å². The fourth-order valence-electron chi connectivity index (χ4n) is 2.99. The van der Waals surface area contributed by atoms with E-state index >= 15 is 0 Å². The van der Waals surface area contributed by atoms with E-state index in [1.54, 1.807) is 30.3 Å². The van der Waals surface area contributed by atoms with Crippen LogP contribution in [0.4, 0.5) is 4.79 Å². The Morgan fingerprint density at radius 2 is 1.71 bits per heavy atom. The van der Waals surface area contributed by atoms with Gasteiger partial charge in [-0.05, 0) is 24.6 Å². The summed E-state index contributed by atoms with van der Waals surface area (Å²) in [6.07, 6.45) is 0. The molecule has 2 aromatic rings. The summed E-state index contributed by atoms with van der Waals surface area (Å²) < 4.78 is 30.5. The summed E-state index contributed by atoms with van der Waals surface area (Å²) in [7, 11) is -2.57. The van der Waals surface area contributed by atoms with Crippen molar-refractivity contribution in [3.8, 4) is 0 Å². The molecule has 1 aliphatic heterocycles. The van der Waals surface area contributed by atoms with Gasteiger partial charge in [0.1, 0.15) is 0 Å². The number of hydrogen-bond acceptors (Lipinski definition) is 5. The number of methoxy groups -OCH3 is 1. The third-order valence-corrected chi connectivity index (χ3v) is 6.07. The van der Waals surface area contributed by atoms with Crippen molar-refractivity contribution >= 4 is 21.8 Å². The third kappa shape index (κ3) is 4.07. The number of benzene rings is 2. The monoisotopic (exact) mass is 400 g/mol. The first-order chi connectivity index (χ1) is 13.3. The summed E-state index contributed by atoms with van der Waals surface area (Å²) in [5, 5.41) is 5.14. The molecule has 1 aliphatic rings. The number of ether oxygens (including phenoxy) is 1. The molecule has 1 heterocycles. The summed E-state index contributed by atoms with van der Waals surface area (Å²) in [5.74, 6) is -1.24. The molecule has 3 rings (SSSR count). The predicted molar refractivity (Wildman–Crippen MR) is 103 cm³/mol. The highest BCUT2D eigenvalue weighted by Crippen LogP contribution is 2.29. The van der Waals surface area contributed by atoms with Gasteiger partial charge in [-0.2, -0.15) is 0 Å². The fraction of sp³-hybridized carbons (Fsp3) is 0.200. The molecular weight excluding hydrogens is 380 g/mol. The lowest BCUT2D eigenvalue weighted by atomic mass is 9.95. The van der Waals surface area contributed by atoms with E-state index in [0.717, 1.165) is 5.56 Å². The van der Waals surface area contributed by atoms with Gasteiger partial charge in [0, 0.05) is 5.70 Å². The molecule has 0 saturated carbocycles. The first kappa shape index (κ1) is 19.6. The Morgan fingerprint density at radius 3 is 2.32 bits per heavy atom. The lowest BCUT2D eigenvalue weighted by Gasteiger charge is -2.29. The molecule has 0 saturated heterocycles. The summed E-state index contributed by atoms with van der Waals surface area (Å²) in [6.45, 7) is 1.92. The second-order valence-electron chi connectivity index (χ2n) is 6.40. The van der Waals surface area contributed by atoms with Gasteiger partial charge in [0.05, 0.1) is 29.4 Å². The number of urea groups is 1. The normalized spacial score (nSPS) is 16.9. The molecule has 1 atom stereocenters. The van der Waals surface area contributed by atoms with Crippen LogP contribution in [-0.2, 0) is 19.4 Å². The first-order valence-electron chi connectivity index (χ1n) is 8.55. The molecule has 0 spiro atoms. The second kappa shape index (κ2) is 7.85. The minimum absolute atomic E-state index is 0.00466. The van der Waals surface area contributed by atoms with Crippen molar-refractivity contribution in [2.45, 2.75) is 17.9 Å². The van der Waals surface area contributed by atoms with Gasteiger partial charge >= 0.3 is 12.0 Å². The van der Waals surface area contributed by atoms with E-state index in [4.69, 9.17) is 4.74 Å². The van der Waals surface area contributed by atoms with E-state index < -0.39 is 33.6 Å². The molecule has 0 aromatic heterocycles. The first-order valence-corrected chi connectivity index (χ1v) is 10.2. The van der Waals surface area contributed by atoms with Gasteiger partial charge in [-0.15, -0.1) is 0 Å². The van der Waals surface area contributed by atoms with Crippen molar-refractivity contribution in [3.63, 3.8) is 0 Å². The van der Waals surface area contributed by atoms with Crippen LogP contribution in [0.15, 0.2) is 70.8 Å². The quantitative estimate of drug-likeness (QED) is 0.750. The van der Waals surface area contributed by atoms with Crippen LogP contribution in [0.25, 0.3) is 0 Å². The average molecular weight is 400 g/mol. The van der Waals surface area contributed by atoms with Crippen LogP contribution >= 0.6 is 0 Å². The van der Waals surface area contributed by atoms with Crippen LogP contribution in [0.2, 0.25) is 0 Å². The van der Waals surface area contributed by atoms with E-state index in [1.165, 1.54) is 19.2 Å². The minimum Gasteiger partial charge on any atom is -0.466 e. The number of carbonyl (C=O) groups is 2. The number of amides is 2. The summed E-state index contributed by atoms with van der Waals surface area (Å²) in [6, 6.07) is 13.7. The molecule has 28 heavy (non-hydrogen) atoms. The van der Waals surface area contributed by atoms with Crippen LogP contribution in [0.1, 0.15) is 17.2 Å². The molecule has 7 nitrogen and oxygen atoms in total. The maximum atomic E-state index is 12.8. The van der Waals surface area contributed by atoms with E-state index in [2.05, 4.69) is 10.6 Å². The van der Waals surface area contributed by atoms with E-state index in [1.807, 2.05) is 19.1 Å². The SMILES string of the molecule is COC(=O)C1=C(CS(=O)(=O)c2ccccc2)NC(=O)N[C@H]1c1ccc(C)cc1. The summed E-state index contributed by atoms with van der Waals surface area (Å²) >= 11 is 0. The number of hydrogen-bond donors (Lipinski definition) is 2. The van der Waals surface area contributed by atoms with Gasteiger partial charge in [-0.25, -0.2) is 18.0 Å². The zero-order chi connectivity index (χ0) is 20.3. The minimum atomic E-state index is -3.78. The fourth-order valence-corrected chi connectivity index (χ4v) is 4.34. The maximum absolute atomic E-state index is 12.8. The van der Waals surface area contributed by atoms with Gasteiger partial charge in [-0.1, -0.05) is 48.0 Å². The highest BCUT2D eigenvalue weighted by molar-refractivity contribution is 7.91. The van der Waals surface area contributed by atoms with Crippen LogP contribution in [-0.4, -0.2) is 33.3 Å². The largest absolute Gasteiger partial charge is 0.466 e. The molecule has 0 radical (unpaired) electrons. The van der Waals surface area contributed by atoms with E-state index in [9.17, 15) is 18.0 Å². The number of nitrogens with one attached hydrogen (secondary N) is 2. The van der Waals surface area contributed by atoms with Gasteiger partial charge in [0.25, 0.3) is 0 Å². The standard InChI is InChI=1S/C20H20N2O5S/c1-13-8-10-14(11-9-13)18-17(19(23)27-2)16(21-20(24)22-18)12-28(25,26)15-6-4-3-5-7-15/h3-11,18H,12H2,1-2H3,(H2,21,22,24)/t18-/m0/s1. The molecule has 2 aromatic carbocycles. The van der Waals surface area contributed by atoms with Gasteiger partial charge in [0.15, 0.2) is 9.84 Å². The van der Waals surface area contributed by atoms with Crippen LogP contribution in [0.3, 0.4) is 0 Å². The van der Waals surface area contributed by atoms with E-state index in [0.29, 0.717) is 5.56 Å². The molecule has 0 bridgehead atoms. The molecule has 8 heteroatoms. The third-order valence-electron chi connectivity index (χ3n) is 4.41. The number of sulfone groups is 1. The summed E-state index contributed by atoms with van der Waals surface area (Å²) in [5.41, 5.74) is 1.73. The van der Waals surface area contributed by atoms with Crippen LogP contribution in [0.5, 0.6) is 0 Å². The van der Waals surface area contributed by atoms with E-state index in [-0.39, 0.29) is 16.2 Å². The zero-order valence-electron chi connectivity index (χ0n) is 15.4. The zero-order valence-corrected chi connectivity index (χ0v) is 16.2. The maximum Gasteiger partial charge on any atom is 0.338 e. The van der Waals surface area contributed by atoms with Crippen molar-refractivity contribution < 1.29 is 22.7 Å². The van der Waals surface area contributed by atoms with Gasteiger partial charge < -0.3 is 15.4 Å². The molecule has 0 fully saturated rings. The smallest absolute Gasteiger partial charge is 0.338 e. The van der Waals surface area contributed by atoms with Crippen molar-refractivity contribution in [1.82, 2.24) is 10.6 Å². The van der Waals surface area contributed by atoms with Gasteiger partial charge in [-0.3, -0.25) is 0 Å². The summed E-state index contributed by atoms with van der Waals surface area (Å²) in [4.78, 5) is 24.8. The Morgan fingerprint density at radius 1 is 1.07 bits per heavy atom. The molecule has 146 valence electrons. The Bertz CT molecular complexity index is 1030. The molecule has 2 amide bonds. The topological polar surface area (TPSA) is 102 Å².